The second-order valence-corrected chi connectivity index (χ2v) is 9.72. The number of hydrogen-bond acceptors (Lipinski definition) is 5. The van der Waals surface area contributed by atoms with E-state index < -0.39 is 41.9 Å². The number of carbonyl (C=O) groups excluding carboxylic acids is 1. The van der Waals surface area contributed by atoms with Crippen molar-refractivity contribution in [3.8, 4) is 0 Å². The van der Waals surface area contributed by atoms with Gasteiger partial charge in [0.25, 0.3) is 0 Å². The van der Waals surface area contributed by atoms with Gasteiger partial charge in [0, 0.05) is 47.7 Å². The van der Waals surface area contributed by atoms with Crippen molar-refractivity contribution in [2.75, 3.05) is 25.0 Å². The van der Waals surface area contributed by atoms with Crippen molar-refractivity contribution in [3.63, 3.8) is 0 Å². The van der Waals surface area contributed by atoms with Crippen LogP contribution in [0.25, 0.3) is 10.9 Å². The number of halogens is 7. The van der Waals surface area contributed by atoms with Crippen molar-refractivity contribution in [3.05, 3.63) is 46.1 Å². The Morgan fingerprint density at radius 2 is 1.73 bits per heavy atom. The normalized spacial score (nSPS) is 21.0. The monoisotopic (exact) mass is 546 g/mol. The quantitative estimate of drug-likeness (QED) is 0.445. The van der Waals surface area contributed by atoms with Crippen molar-refractivity contribution in [2.45, 2.75) is 44.1 Å². The van der Waals surface area contributed by atoms with Gasteiger partial charge < -0.3 is 14.8 Å². The fraction of sp³-hybridized carbons (Fsp3) is 0.478. The molecule has 198 valence electrons. The van der Waals surface area contributed by atoms with Gasteiger partial charge in [0.15, 0.2) is 0 Å². The minimum Gasteiger partial charge on any atom is -0.356 e. The van der Waals surface area contributed by atoms with Crippen LogP contribution in [-0.2, 0) is 23.6 Å². The van der Waals surface area contributed by atoms with Gasteiger partial charge in [0.2, 0.25) is 23.5 Å². The molecule has 5 rings (SSSR count). The molecule has 0 bridgehead atoms. The zero-order valence-electron chi connectivity index (χ0n) is 19.4. The molecule has 2 aliphatic heterocycles. The van der Waals surface area contributed by atoms with Crippen LogP contribution in [0.2, 0.25) is 5.02 Å². The molecule has 7 nitrogen and oxygen atoms in total. The highest BCUT2D eigenvalue weighted by atomic mass is 35.5. The number of aromatic amines is 1. The van der Waals surface area contributed by atoms with Gasteiger partial charge in [-0.25, -0.2) is 4.98 Å². The van der Waals surface area contributed by atoms with E-state index in [9.17, 15) is 31.1 Å². The van der Waals surface area contributed by atoms with Crippen molar-refractivity contribution in [1.82, 2.24) is 24.8 Å². The van der Waals surface area contributed by atoms with Gasteiger partial charge in [0.05, 0.1) is 6.04 Å². The number of aromatic nitrogens is 4. The summed E-state index contributed by atoms with van der Waals surface area (Å²) in [4.78, 5) is 28.5. The lowest BCUT2D eigenvalue weighted by Crippen LogP contribution is -2.43. The Hall–Kier alpha value is -3.09. The maximum Gasteiger partial charge on any atom is 0.451 e. The number of benzene rings is 1. The minimum atomic E-state index is -5.21. The van der Waals surface area contributed by atoms with Gasteiger partial charge in [-0.15, -0.1) is 0 Å². The molecule has 1 saturated heterocycles. The SMILES string of the molecule is CN1CCC[C@H](C[C@H]2c3[nH]c4ccc(Cl)cc4c3CCN2c2nc(C(F)(F)F)nc(C(F)(F)F)n2)C1=O. The third-order valence-corrected chi connectivity index (χ3v) is 7.12. The summed E-state index contributed by atoms with van der Waals surface area (Å²) < 4.78 is 80.9. The highest BCUT2D eigenvalue weighted by Crippen LogP contribution is 2.42. The molecule has 1 aromatic carbocycles. The summed E-state index contributed by atoms with van der Waals surface area (Å²) >= 11 is 6.18. The predicted molar refractivity (Wildman–Crippen MR) is 122 cm³/mol. The largest absolute Gasteiger partial charge is 0.451 e. The van der Waals surface area contributed by atoms with Crippen LogP contribution < -0.4 is 4.90 Å². The summed E-state index contributed by atoms with van der Waals surface area (Å²) in [6.07, 6.45) is -8.70. The molecule has 4 heterocycles. The van der Waals surface area contributed by atoms with Crippen molar-refractivity contribution in [2.24, 2.45) is 5.92 Å². The molecule has 14 heteroatoms. The maximum absolute atomic E-state index is 13.5. The lowest BCUT2D eigenvalue weighted by molar-refractivity contribution is -0.155. The van der Waals surface area contributed by atoms with Crippen molar-refractivity contribution < 1.29 is 31.1 Å². The standard InChI is InChI=1S/C23H21ClF6N6O/c1-35-7-2-3-11(18(35)37)9-16-17-13(14-10-12(24)4-5-15(14)31-17)6-8-36(16)21-33-19(22(25,26)27)32-20(34-21)23(28,29)30/h4-5,10-11,16,31H,2-3,6-9H2,1H3/t11-,16+/m1/s1. The number of carbonyl (C=O) groups is 1. The molecule has 2 aliphatic rings. The molecular weight excluding hydrogens is 526 g/mol. The number of nitrogens with zero attached hydrogens (tertiary/aromatic N) is 5. The van der Waals surface area contributed by atoms with Crippen molar-refractivity contribution >= 4 is 34.4 Å². The molecular formula is C23H21ClF6N6O. The Morgan fingerprint density at radius 1 is 1.05 bits per heavy atom. The Bertz CT molecular complexity index is 1320. The first-order chi connectivity index (χ1) is 17.3. The first kappa shape index (κ1) is 25.6. The summed E-state index contributed by atoms with van der Waals surface area (Å²) in [5, 5.41) is 1.29. The number of piperidine rings is 1. The van der Waals surface area contributed by atoms with Crippen LogP contribution in [0, 0.1) is 5.92 Å². The highest BCUT2D eigenvalue weighted by molar-refractivity contribution is 6.31. The fourth-order valence-corrected chi connectivity index (χ4v) is 5.35. The van der Waals surface area contributed by atoms with Gasteiger partial charge >= 0.3 is 12.4 Å². The van der Waals surface area contributed by atoms with E-state index in [1.165, 1.54) is 4.90 Å². The topological polar surface area (TPSA) is 78.0 Å². The molecule has 1 N–H and O–H groups in total. The number of H-pyrrole nitrogens is 1. The average Bonchev–Trinajstić information content (AvgIpc) is 3.19. The van der Waals surface area contributed by atoms with Crippen LogP contribution in [0.15, 0.2) is 18.2 Å². The summed E-state index contributed by atoms with van der Waals surface area (Å²) in [6, 6.07) is 4.41. The molecule has 1 amide bonds. The van der Waals surface area contributed by atoms with Crippen LogP contribution in [0.1, 0.15) is 48.2 Å². The summed E-state index contributed by atoms with van der Waals surface area (Å²) in [6.45, 7) is 0.615. The lowest BCUT2D eigenvalue weighted by atomic mass is 9.86. The number of anilines is 1. The van der Waals surface area contributed by atoms with Gasteiger partial charge in [0.1, 0.15) is 0 Å². The van der Waals surface area contributed by atoms with E-state index in [0.29, 0.717) is 30.1 Å². The molecule has 2 aromatic heterocycles. The zero-order valence-corrected chi connectivity index (χ0v) is 20.2. The van der Waals surface area contributed by atoms with E-state index in [-0.39, 0.29) is 18.9 Å². The van der Waals surface area contributed by atoms with E-state index in [4.69, 9.17) is 11.6 Å². The van der Waals surface area contributed by atoms with Crippen LogP contribution >= 0.6 is 11.6 Å². The third kappa shape index (κ3) is 4.80. The van der Waals surface area contributed by atoms with Gasteiger partial charge in [-0.2, -0.15) is 36.3 Å². The van der Waals surface area contributed by atoms with E-state index in [1.807, 2.05) is 0 Å². The Kier molecular flexibility index (Phi) is 6.24. The smallest absolute Gasteiger partial charge is 0.356 e. The Labute approximate surface area is 211 Å². The minimum absolute atomic E-state index is 0.0342. The molecule has 37 heavy (non-hydrogen) atoms. The molecule has 2 atom stereocenters. The number of rotatable bonds is 3. The van der Waals surface area contributed by atoms with Crippen LogP contribution in [-0.4, -0.2) is 50.9 Å². The molecule has 0 radical (unpaired) electrons. The summed E-state index contributed by atoms with van der Waals surface area (Å²) in [5.74, 6) is -5.19. The summed E-state index contributed by atoms with van der Waals surface area (Å²) in [7, 11) is 1.67. The number of fused-ring (bicyclic) bond motifs is 3. The molecule has 1 fully saturated rings. The van der Waals surface area contributed by atoms with Gasteiger partial charge in [-0.1, -0.05) is 11.6 Å². The predicted octanol–water partition coefficient (Wildman–Crippen LogP) is 5.41. The average molecular weight is 547 g/mol. The second-order valence-electron chi connectivity index (χ2n) is 9.28. The molecule has 0 saturated carbocycles. The molecule has 0 unspecified atom stereocenters. The third-order valence-electron chi connectivity index (χ3n) is 6.88. The zero-order chi connectivity index (χ0) is 26.7. The number of nitrogens with one attached hydrogen (secondary N) is 1. The number of alkyl halides is 6. The first-order valence-electron chi connectivity index (χ1n) is 11.5. The van der Waals surface area contributed by atoms with Crippen LogP contribution in [0.3, 0.4) is 0 Å². The highest BCUT2D eigenvalue weighted by Gasteiger charge is 2.44. The maximum atomic E-state index is 13.5. The van der Waals surface area contributed by atoms with E-state index in [2.05, 4.69) is 19.9 Å². The van der Waals surface area contributed by atoms with Crippen molar-refractivity contribution in [1.29, 1.82) is 0 Å². The fourth-order valence-electron chi connectivity index (χ4n) is 5.18. The Balaban J connectivity index is 1.65. The van der Waals surface area contributed by atoms with Crippen LogP contribution in [0.4, 0.5) is 32.3 Å². The van der Waals surface area contributed by atoms with Gasteiger partial charge in [-0.3, -0.25) is 4.79 Å². The number of amides is 1. The Morgan fingerprint density at radius 3 is 2.38 bits per heavy atom. The summed E-state index contributed by atoms with van der Waals surface area (Å²) in [5.41, 5.74) is 2.15. The molecule has 0 aliphatic carbocycles. The number of likely N-dealkylation sites (tertiary alicyclic amines) is 1. The van der Waals surface area contributed by atoms with E-state index in [1.54, 1.807) is 30.1 Å². The van der Waals surface area contributed by atoms with E-state index in [0.717, 1.165) is 22.9 Å². The molecule has 3 aromatic rings. The van der Waals surface area contributed by atoms with E-state index >= 15 is 0 Å². The van der Waals surface area contributed by atoms with Crippen LogP contribution in [0.5, 0.6) is 0 Å². The molecule has 0 spiro atoms. The lowest BCUT2D eigenvalue weighted by Gasteiger charge is -2.39. The number of hydrogen-bond donors (Lipinski definition) is 1. The van der Waals surface area contributed by atoms with Gasteiger partial charge in [-0.05, 0) is 49.4 Å². The second kappa shape index (κ2) is 9.03. The first-order valence-corrected chi connectivity index (χ1v) is 11.9.